The molecule has 0 aliphatic heterocycles. The van der Waals surface area contributed by atoms with E-state index in [4.69, 9.17) is 5.10 Å². The number of aromatic nitrogens is 2. The highest BCUT2D eigenvalue weighted by Crippen LogP contribution is 2.22. The van der Waals surface area contributed by atoms with Gasteiger partial charge in [-0.15, -0.1) is 0 Å². The number of hydrogen-bond acceptors (Lipinski definition) is 2. The second-order valence-corrected chi connectivity index (χ2v) is 6.06. The Morgan fingerprint density at radius 3 is 2.50 bits per heavy atom. The predicted molar refractivity (Wildman–Crippen MR) is 87.0 cm³/mol. The molecule has 1 atom stereocenters. The summed E-state index contributed by atoms with van der Waals surface area (Å²) in [7, 11) is 0. The minimum absolute atomic E-state index is 0.460. The fourth-order valence-electron chi connectivity index (χ4n) is 2.60. The zero-order valence-corrected chi connectivity index (χ0v) is 14.1. The van der Waals surface area contributed by atoms with Crippen LogP contribution < -0.4 is 5.32 Å². The number of aryl methyl sites for hydroxylation is 2. The molecule has 0 aliphatic rings. The molecule has 20 heavy (non-hydrogen) atoms. The molecule has 1 heterocycles. The van der Waals surface area contributed by atoms with E-state index in [1.807, 2.05) is 0 Å². The molecule has 0 spiro atoms. The molecular formula is C17H33N3. The Kier molecular flexibility index (Phi) is 7.90. The average molecular weight is 279 g/mol. The van der Waals surface area contributed by atoms with Gasteiger partial charge in [-0.2, -0.15) is 5.10 Å². The maximum Gasteiger partial charge on any atom is 0.0625 e. The first-order chi connectivity index (χ1) is 9.62. The summed E-state index contributed by atoms with van der Waals surface area (Å²) in [6.07, 6.45) is 6.02. The number of nitrogens with zero attached hydrogens (tertiary/aromatic N) is 2. The lowest BCUT2D eigenvalue weighted by Gasteiger charge is -2.20. The van der Waals surface area contributed by atoms with Crippen molar-refractivity contribution in [1.82, 2.24) is 15.1 Å². The monoisotopic (exact) mass is 279 g/mol. The lowest BCUT2D eigenvalue weighted by atomic mass is 10.0. The first-order valence-electron chi connectivity index (χ1n) is 8.42. The summed E-state index contributed by atoms with van der Waals surface area (Å²) in [5.41, 5.74) is 2.59. The first kappa shape index (κ1) is 17.2. The Balaban J connectivity index is 2.77. The summed E-state index contributed by atoms with van der Waals surface area (Å²) >= 11 is 0. The van der Waals surface area contributed by atoms with Crippen molar-refractivity contribution in [3.8, 4) is 0 Å². The van der Waals surface area contributed by atoms with Gasteiger partial charge in [0.15, 0.2) is 0 Å². The van der Waals surface area contributed by atoms with Crippen LogP contribution >= 0.6 is 0 Å². The zero-order valence-electron chi connectivity index (χ0n) is 14.1. The van der Waals surface area contributed by atoms with Crippen LogP contribution in [0.3, 0.4) is 0 Å². The van der Waals surface area contributed by atoms with E-state index in [1.54, 1.807) is 0 Å². The molecular weight excluding hydrogens is 246 g/mol. The van der Waals surface area contributed by atoms with Crippen molar-refractivity contribution in [3.05, 3.63) is 17.5 Å². The number of hydrogen-bond donors (Lipinski definition) is 1. The Labute approximate surface area is 125 Å². The van der Waals surface area contributed by atoms with Gasteiger partial charge in [0, 0.05) is 12.6 Å². The molecule has 3 nitrogen and oxygen atoms in total. The summed E-state index contributed by atoms with van der Waals surface area (Å²) in [6.45, 7) is 13.2. The van der Waals surface area contributed by atoms with Crippen molar-refractivity contribution in [2.24, 2.45) is 5.92 Å². The van der Waals surface area contributed by atoms with Gasteiger partial charge in [-0.1, -0.05) is 40.5 Å². The maximum absolute atomic E-state index is 4.70. The lowest BCUT2D eigenvalue weighted by molar-refractivity contribution is 0.422. The SMILES string of the molecule is CCCNC(CCCC(C)C)c1cc(CC)nn1CC. The fourth-order valence-corrected chi connectivity index (χ4v) is 2.60. The predicted octanol–water partition coefficient (Wildman–Crippen LogP) is 4.33. The normalized spacial score (nSPS) is 13.1. The van der Waals surface area contributed by atoms with Crippen molar-refractivity contribution in [3.63, 3.8) is 0 Å². The zero-order chi connectivity index (χ0) is 15.0. The summed E-state index contributed by atoms with van der Waals surface area (Å²) < 4.78 is 2.18. The van der Waals surface area contributed by atoms with E-state index >= 15 is 0 Å². The largest absolute Gasteiger partial charge is 0.309 e. The van der Waals surface area contributed by atoms with Crippen LogP contribution in [0.4, 0.5) is 0 Å². The smallest absolute Gasteiger partial charge is 0.0625 e. The topological polar surface area (TPSA) is 29.9 Å². The standard InChI is InChI=1S/C17H33N3/c1-6-12-18-16(11-9-10-14(4)5)17-13-15(7-2)19-20(17)8-3/h13-14,16,18H,6-12H2,1-5H3. The van der Waals surface area contributed by atoms with Gasteiger partial charge in [0.05, 0.1) is 11.4 Å². The summed E-state index contributed by atoms with van der Waals surface area (Å²) in [5.74, 6) is 0.795. The Hall–Kier alpha value is -0.830. The average Bonchev–Trinajstić information content (AvgIpc) is 2.85. The van der Waals surface area contributed by atoms with Gasteiger partial charge in [0.2, 0.25) is 0 Å². The van der Waals surface area contributed by atoms with Crippen LogP contribution in [0.5, 0.6) is 0 Å². The van der Waals surface area contributed by atoms with E-state index in [2.05, 4.69) is 50.7 Å². The first-order valence-corrected chi connectivity index (χ1v) is 8.42. The van der Waals surface area contributed by atoms with Gasteiger partial charge >= 0.3 is 0 Å². The molecule has 1 aromatic heterocycles. The highest BCUT2D eigenvalue weighted by Gasteiger charge is 2.16. The molecule has 1 unspecified atom stereocenters. The van der Waals surface area contributed by atoms with E-state index in [0.29, 0.717) is 6.04 Å². The van der Waals surface area contributed by atoms with E-state index in [1.165, 1.54) is 37.1 Å². The van der Waals surface area contributed by atoms with Crippen LogP contribution in [-0.4, -0.2) is 16.3 Å². The molecule has 0 saturated heterocycles. The summed E-state index contributed by atoms with van der Waals surface area (Å²) in [5, 5.41) is 8.41. The van der Waals surface area contributed by atoms with Gasteiger partial charge in [0.25, 0.3) is 0 Å². The van der Waals surface area contributed by atoms with E-state index in [0.717, 1.165) is 25.4 Å². The third-order valence-corrected chi connectivity index (χ3v) is 3.80. The van der Waals surface area contributed by atoms with Gasteiger partial charge < -0.3 is 5.32 Å². The second-order valence-electron chi connectivity index (χ2n) is 6.06. The molecule has 1 rings (SSSR count). The van der Waals surface area contributed by atoms with Gasteiger partial charge in [-0.25, -0.2) is 0 Å². The molecule has 3 heteroatoms. The third kappa shape index (κ3) is 5.28. The highest BCUT2D eigenvalue weighted by molar-refractivity contribution is 5.14. The lowest BCUT2D eigenvalue weighted by Crippen LogP contribution is -2.25. The van der Waals surface area contributed by atoms with Crippen LogP contribution in [0.2, 0.25) is 0 Å². The molecule has 0 aromatic carbocycles. The van der Waals surface area contributed by atoms with Crippen molar-refractivity contribution in [2.75, 3.05) is 6.54 Å². The molecule has 0 bridgehead atoms. The van der Waals surface area contributed by atoms with Crippen LogP contribution in [0.15, 0.2) is 6.07 Å². The number of nitrogens with one attached hydrogen (secondary N) is 1. The van der Waals surface area contributed by atoms with E-state index in [9.17, 15) is 0 Å². The van der Waals surface area contributed by atoms with Crippen LogP contribution in [0.1, 0.15) is 77.7 Å². The molecule has 116 valence electrons. The maximum atomic E-state index is 4.70. The van der Waals surface area contributed by atoms with Crippen LogP contribution in [-0.2, 0) is 13.0 Å². The molecule has 0 aliphatic carbocycles. The van der Waals surface area contributed by atoms with Crippen molar-refractivity contribution in [2.45, 2.75) is 79.3 Å². The molecule has 0 saturated carbocycles. The van der Waals surface area contributed by atoms with E-state index in [-0.39, 0.29) is 0 Å². The van der Waals surface area contributed by atoms with Crippen LogP contribution in [0, 0.1) is 5.92 Å². The van der Waals surface area contributed by atoms with E-state index < -0.39 is 0 Å². The summed E-state index contributed by atoms with van der Waals surface area (Å²) in [4.78, 5) is 0. The van der Waals surface area contributed by atoms with Gasteiger partial charge in [0.1, 0.15) is 0 Å². The van der Waals surface area contributed by atoms with Crippen molar-refractivity contribution < 1.29 is 0 Å². The quantitative estimate of drug-likeness (QED) is 0.691. The van der Waals surface area contributed by atoms with Crippen LogP contribution in [0.25, 0.3) is 0 Å². The highest BCUT2D eigenvalue weighted by atomic mass is 15.3. The van der Waals surface area contributed by atoms with Gasteiger partial charge in [-0.05, 0) is 44.7 Å². The van der Waals surface area contributed by atoms with Gasteiger partial charge in [-0.3, -0.25) is 4.68 Å². The molecule has 0 radical (unpaired) electrons. The Bertz CT molecular complexity index is 368. The third-order valence-electron chi connectivity index (χ3n) is 3.80. The second kappa shape index (κ2) is 9.17. The molecule has 0 amide bonds. The number of rotatable bonds is 10. The fraction of sp³-hybridized carbons (Fsp3) is 0.824. The molecule has 1 N–H and O–H groups in total. The minimum Gasteiger partial charge on any atom is -0.309 e. The Morgan fingerprint density at radius 1 is 1.20 bits per heavy atom. The minimum atomic E-state index is 0.460. The molecule has 0 fully saturated rings. The summed E-state index contributed by atoms with van der Waals surface area (Å²) in [6, 6.07) is 2.76. The molecule has 1 aromatic rings. The Morgan fingerprint density at radius 2 is 1.95 bits per heavy atom. The van der Waals surface area contributed by atoms with Crippen molar-refractivity contribution in [1.29, 1.82) is 0 Å². The van der Waals surface area contributed by atoms with Crippen molar-refractivity contribution >= 4 is 0 Å².